The normalized spacial score (nSPS) is 12.9. The third kappa shape index (κ3) is 2.81. The van der Waals surface area contributed by atoms with E-state index in [2.05, 4.69) is 32.3 Å². The highest BCUT2D eigenvalue weighted by Crippen LogP contribution is 2.33. The first kappa shape index (κ1) is 14.1. The molecule has 3 rings (SSSR count). The Morgan fingerprint density at radius 2 is 2.33 bits per heavy atom. The maximum Gasteiger partial charge on any atom is 0.293 e. The SMILES string of the molecule is CCn1ccnc(NCc2cc(Br)cc3c2OCC3)c1=O. The van der Waals surface area contributed by atoms with E-state index < -0.39 is 0 Å². The zero-order chi connectivity index (χ0) is 14.8. The molecule has 0 radical (unpaired) electrons. The molecule has 0 saturated heterocycles. The lowest BCUT2D eigenvalue weighted by atomic mass is 10.1. The van der Waals surface area contributed by atoms with Crippen molar-refractivity contribution in [2.75, 3.05) is 11.9 Å². The van der Waals surface area contributed by atoms with Gasteiger partial charge in [-0.2, -0.15) is 0 Å². The number of nitrogens with one attached hydrogen (secondary N) is 1. The van der Waals surface area contributed by atoms with Crippen LogP contribution in [0.3, 0.4) is 0 Å². The average Bonchev–Trinajstić information content (AvgIpc) is 2.94. The number of halogens is 1. The quantitative estimate of drug-likeness (QED) is 0.921. The molecule has 1 aliphatic rings. The first-order valence-corrected chi connectivity index (χ1v) is 7.71. The Morgan fingerprint density at radius 1 is 1.48 bits per heavy atom. The lowest BCUT2D eigenvalue weighted by molar-refractivity contribution is 0.354. The predicted molar refractivity (Wildman–Crippen MR) is 84.8 cm³/mol. The molecule has 110 valence electrons. The zero-order valence-corrected chi connectivity index (χ0v) is 13.3. The maximum absolute atomic E-state index is 12.1. The van der Waals surface area contributed by atoms with E-state index in [1.165, 1.54) is 5.56 Å². The summed E-state index contributed by atoms with van der Waals surface area (Å²) in [6.07, 6.45) is 4.25. The van der Waals surface area contributed by atoms with Gasteiger partial charge in [0, 0.05) is 41.9 Å². The van der Waals surface area contributed by atoms with E-state index in [1.54, 1.807) is 17.0 Å². The van der Waals surface area contributed by atoms with Gasteiger partial charge in [0.1, 0.15) is 5.75 Å². The molecule has 1 aromatic heterocycles. The van der Waals surface area contributed by atoms with Gasteiger partial charge in [-0.15, -0.1) is 0 Å². The highest BCUT2D eigenvalue weighted by atomic mass is 79.9. The number of aromatic nitrogens is 2. The van der Waals surface area contributed by atoms with E-state index in [0.29, 0.717) is 25.5 Å². The van der Waals surface area contributed by atoms with Gasteiger partial charge in [-0.3, -0.25) is 4.79 Å². The highest BCUT2D eigenvalue weighted by molar-refractivity contribution is 9.10. The lowest BCUT2D eigenvalue weighted by Gasteiger charge is -2.11. The molecule has 0 fully saturated rings. The molecule has 1 aliphatic heterocycles. The molecule has 0 atom stereocenters. The molecule has 0 saturated carbocycles. The van der Waals surface area contributed by atoms with Crippen LogP contribution in [0.4, 0.5) is 5.82 Å². The van der Waals surface area contributed by atoms with Gasteiger partial charge in [-0.25, -0.2) is 4.98 Å². The van der Waals surface area contributed by atoms with E-state index in [9.17, 15) is 4.79 Å². The van der Waals surface area contributed by atoms with Crippen LogP contribution >= 0.6 is 15.9 Å². The summed E-state index contributed by atoms with van der Waals surface area (Å²) in [5, 5.41) is 3.12. The van der Waals surface area contributed by atoms with Crippen LogP contribution in [0.25, 0.3) is 0 Å². The molecule has 1 N–H and O–H groups in total. The first-order valence-electron chi connectivity index (χ1n) is 6.92. The van der Waals surface area contributed by atoms with Crippen molar-refractivity contribution in [3.05, 3.63) is 50.5 Å². The monoisotopic (exact) mass is 349 g/mol. The third-order valence-corrected chi connectivity index (χ3v) is 3.98. The van der Waals surface area contributed by atoms with Crippen molar-refractivity contribution in [1.29, 1.82) is 0 Å². The fourth-order valence-corrected chi connectivity index (χ4v) is 3.03. The van der Waals surface area contributed by atoms with Crippen molar-refractivity contribution in [3.63, 3.8) is 0 Å². The predicted octanol–water partition coefficient (Wildman–Crippen LogP) is 2.57. The number of nitrogens with zero attached hydrogens (tertiary/aromatic N) is 2. The minimum absolute atomic E-state index is 0.104. The Balaban J connectivity index is 1.85. The summed E-state index contributed by atoms with van der Waals surface area (Å²) in [5.41, 5.74) is 2.13. The van der Waals surface area contributed by atoms with Crippen LogP contribution in [-0.4, -0.2) is 16.2 Å². The summed E-state index contributed by atoms with van der Waals surface area (Å²) in [7, 11) is 0. The van der Waals surface area contributed by atoms with Crippen molar-refractivity contribution < 1.29 is 4.74 Å². The van der Waals surface area contributed by atoms with Crippen molar-refractivity contribution >= 4 is 21.7 Å². The van der Waals surface area contributed by atoms with Gasteiger partial charge >= 0.3 is 0 Å². The Morgan fingerprint density at radius 3 is 3.14 bits per heavy atom. The van der Waals surface area contributed by atoms with Crippen LogP contribution < -0.4 is 15.6 Å². The number of rotatable bonds is 4. The molecule has 5 nitrogen and oxygen atoms in total. The largest absolute Gasteiger partial charge is 0.493 e. The second-order valence-electron chi connectivity index (χ2n) is 4.87. The zero-order valence-electron chi connectivity index (χ0n) is 11.7. The van der Waals surface area contributed by atoms with Crippen LogP contribution in [0.1, 0.15) is 18.1 Å². The van der Waals surface area contributed by atoms with Crippen molar-refractivity contribution in [1.82, 2.24) is 9.55 Å². The van der Waals surface area contributed by atoms with E-state index >= 15 is 0 Å². The minimum Gasteiger partial charge on any atom is -0.493 e. The van der Waals surface area contributed by atoms with Crippen LogP contribution in [0.15, 0.2) is 33.8 Å². The maximum atomic E-state index is 12.1. The molecule has 0 aliphatic carbocycles. The molecule has 6 heteroatoms. The van der Waals surface area contributed by atoms with Gasteiger partial charge in [0.15, 0.2) is 5.82 Å². The van der Waals surface area contributed by atoms with E-state index in [1.807, 2.05) is 13.0 Å². The molecule has 0 spiro atoms. The first-order chi connectivity index (χ1) is 10.2. The molecular weight excluding hydrogens is 334 g/mol. The van der Waals surface area contributed by atoms with Gasteiger partial charge in [-0.1, -0.05) is 15.9 Å². The molecule has 0 unspecified atom stereocenters. The summed E-state index contributed by atoms with van der Waals surface area (Å²) in [4.78, 5) is 16.2. The standard InChI is InChI=1S/C15H16BrN3O2/c1-2-19-5-4-17-14(15(19)20)18-9-11-8-12(16)7-10-3-6-21-13(10)11/h4-5,7-8H,2-3,6,9H2,1H3,(H,17,18). The Hall–Kier alpha value is -1.82. The third-order valence-electron chi connectivity index (χ3n) is 3.53. The second kappa shape index (κ2) is 5.89. The Kier molecular flexibility index (Phi) is 3.96. The number of ether oxygens (including phenoxy) is 1. The topological polar surface area (TPSA) is 56.1 Å². The van der Waals surface area contributed by atoms with Gasteiger partial charge in [-0.05, 0) is 24.6 Å². The van der Waals surface area contributed by atoms with Crippen LogP contribution in [0.2, 0.25) is 0 Å². The van der Waals surface area contributed by atoms with E-state index in [-0.39, 0.29) is 5.56 Å². The molecule has 1 aromatic carbocycles. The highest BCUT2D eigenvalue weighted by Gasteiger charge is 2.17. The molecule has 21 heavy (non-hydrogen) atoms. The molecule has 2 aromatic rings. The lowest BCUT2D eigenvalue weighted by Crippen LogP contribution is -2.23. The Bertz CT molecular complexity index is 727. The fourth-order valence-electron chi connectivity index (χ4n) is 2.47. The van der Waals surface area contributed by atoms with Crippen molar-refractivity contribution in [2.24, 2.45) is 0 Å². The van der Waals surface area contributed by atoms with Gasteiger partial charge < -0.3 is 14.6 Å². The summed E-state index contributed by atoms with van der Waals surface area (Å²) in [5.74, 6) is 1.29. The molecule has 0 bridgehead atoms. The minimum atomic E-state index is -0.104. The van der Waals surface area contributed by atoms with E-state index in [0.717, 1.165) is 22.2 Å². The van der Waals surface area contributed by atoms with Crippen LogP contribution in [-0.2, 0) is 19.5 Å². The number of hydrogen-bond acceptors (Lipinski definition) is 4. The number of fused-ring (bicyclic) bond motifs is 1. The average molecular weight is 350 g/mol. The summed E-state index contributed by atoms with van der Waals surface area (Å²) < 4.78 is 8.33. The number of hydrogen-bond donors (Lipinski definition) is 1. The van der Waals surface area contributed by atoms with Gasteiger partial charge in [0.2, 0.25) is 0 Å². The van der Waals surface area contributed by atoms with Crippen LogP contribution in [0, 0.1) is 0 Å². The van der Waals surface area contributed by atoms with E-state index in [4.69, 9.17) is 4.74 Å². The van der Waals surface area contributed by atoms with Crippen molar-refractivity contribution in [2.45, 2.75) is 26.4 Å². The van der Waals surface area contributed by atoms with Crippen LogP contribution in [0.5, 0.6) is 5.75 Å². The summed E-state index contributed by atoms with van der Waals surface area (Å²) >= 11 is 3.51. The summed E-state index contributed by atoms with van der Waals surface area (Å²) in [6.45, 7) is 3.79. The molecule has 0 amide bonds. The summed E-state index contributed by atoms with van der Waals surface area (Å²) in [6, 6.07) is 4.09. The van der Waals surface area contributed by atoms with Gasteiger partial charge in [0.05, 0.1) is 6.61 Å². The second-order valence-corrected chi connectivity index (χ2v) is 5.79. The Labute approximate surface area is 131 Å². The number of anilines is 1. The number of benzene rings is 1. The fraction of sp³-hybridized carbons (Fsp3) is 0.333. The van der Waals surface area contributed by atoms with Gasteiger partial charge in [0.25, 0.3) is 5.56 Å². The smallest absolute Gasteiger partial charge is 0.293 e. The van der Waals surface area contributed by atoms with Crippen molar-refractivity contribution in [3.8, 4) is 5.75 Å². The number of aryl methyl sites for hydroxylation is 1. The molecular formula is C15H16BrN3O2. The molecule has 2 heterocycles.